The van der Waals surface area contributed by atoms with Crippen LogP contribution in [0.4, 0.5) is 41.1 Å². The zero-order valence-corrected chi connectivity index (χ0v) is 75.8. The maximum Gasteiger partial charge on any atom is 0.511 e. The summed E-state index contributed by atoms with van der Waals surface area (Å²) in [7, 11) is 5.90. The van der Waals surface area contributed by atoms with Crippen LogP contribution in [0.1, 0.15) is 123 Å². The number of anilines is 4. The predicted molar refractivity (Wildman–Crippen MR) is 466 cm³/mol. The van der Waals surface area contributed by atoms with Gasteiger partial charge in [0.2, 0.25) is 29.9 Å². The summed E-state index contributed by atoms with van der Waals surface area (Å²) in [5.41, 5.74) is -1.54. The SMILES string of the molecule is COCCOCCOC(=O)OC(C)Cl.COCCOCCOCCOCCOCCOCCOCCOC(=O)OC(C)OC(=O)c1ccc(NC(=O)[C@@H]2N[C@@H](CC(C)(C)C)[C@@]3(C(=O)Nc4cc(Cl)ccc43)[C@H]2c2cccc(Cl)c2F)c(OC)c1.COc1cc(C(=O)O)ccc1NC(=O)[C@@H]1N[C@@H](CC(C)(C)C)[C@@]2(C(=O)Nc3cc(Cl)ccc32)[C@H]1c1cccc(Cl)c1F. The predicted octanol–water partition coefficient (Wildman–Crippen LogP) is 14.5. The van der Waals surface area contributed by atoms with Crippen molar-refractivity contribution in [1.29, 1.82) is 0 Å². The maximum absolute atomic E-state index is 16.2. The van der Waals surface area contributed by atoms with Gasteiger partial charge in [-0.2, -0.15) is 0 Å². The number of hydrogen-bond acceptors (Lipinski definition) is 26. The number of carbonyl (C=O) groups excluding carboxylic acids is 7. The van der Waals surface area contributed by atoms with Gasteiger partial charge in [-0.3, -0.25) is 19.2 Å². The van der Waals surface area contributed by atoms with E-state index in [4.69, 9.17) is 124 Å². The highest BCUT2D eigenvalue weighted by Crippen LogP contribution is 2.60. The van der Waals surface area contributed by atoms with Crippen molar-refractivity contribution in [3.05, 3.63) is 174 Å². The Morgan fingerprint density at radius 2 is 0.825 bits per heavy atom. The van der Waals surface area contributed by atoms with Gasteiger partial charge in [0.05, 0.1) is 165 Å². The van der Waals surface area contributed by atoms with Crippen LogP contribution in [0, 0.1) is 22.5 Å². The van der Waals surface area contributed by atoms with Gasteiger partial charge in [0.15, 0.2) is 5.56 Å². The van der Waals surface area contributed by atoms with Crippen molar-refractivity contribution in [2.24, 2.45) is 10.8 Å². The van der Waals surface area contributed by atoms with Crippen molar-refractivity contribution in [2.45, 2.75) is 127 Å². The number of carboxylic acid groups (broad SMARTS) is 1. The molecule has 6 aromatic carbocycles. The van der Waals surface area contributed by atoms with Gasteiger partial charge in [0.1, 0.15) is 47.2 Å². The van der Waals surface area contributed by atoms with Gasteiger partial charge < -0.3 is 113 Å². The fraction of sp³-hybridized carbons (Fsp3) is 0.500. The zero-order valence-electron chi connectivity index (χ0n) is 72.0. The molecule has 2 spiro atoms. The smallest absolute Gasteiger partial charge is 0.495 e. The standard InChI is InChI=1S/C49H64Cl2FN3O15.C31H30Cl2FN3O5.C8H15ClO5/c1-31(70-47(59)68-27-26-67-25-24-66-23-22-65-21-20-64-19-18-63-17-16-62-15-14-60-5)69-45(57)32-10-13-37(39(28-32)61-6)53-44(56)43-41(34-8-7-9-36(51)42(34)52)49(40(55-43)30-48(2,3)4)35-12-11-33(50)29-38(35)54-46(49)58;1-30(2,3)14-23-31(18-10-9-16(32)13-21(18)36-29(31)41)24(17-6-5-7-19(33)25(17)34)26(37-23)27(38)35-20-11-8-15(28(39)40)12-22(20)42-4;1-7(9)14-8(10)13-6-5-12-4-3-11-2/h7-13,28-29,31,40-41,43,55H,14-27,30H2,1-6H3,(H,53,56)(H,54,58);5-13,23-24,26,37H,14H2,1-4H3,(H,35,38)(H,36,41)(H,39,40);7H,3-6H2,1-2H3/t31?,40-,41-,43+,49+;23-,24-,26+,31+;/m00./s1. The Labute approximate surface area is 755 Å². The molecule has 10 atom stereocenters. The highest BCUT2D eigenvalue weighted by molar-refractivity contribution is 6.32. The van der Waals surface area contributed by atoms with Gasteiger partial charge in [-0.15, -0.1) is 0 Å². The molecule has 38 heteroatoms. The van der Waals surface area contributed by atoms with E-state index >= 15 is 8.78 Å². The lowest BCUT2D eigenvalue weighted by atomic mass is 9.62. The molecule has 2 saturated heterocycles. The molecule has 10 rings (SSSR count). The van der Waals surface area contributed by atoms with E-state index in [1.807, 2.05) is 41.5 Å². The molecule has 4 aliphatic rings. The van der Waals surface area contributed by atoms with E-state index in [-0.39, 0.29) is 98.3 Å². The molecule has 0 aromatic heterocycles. The van der Waals surface area contributed by atoms with Crippen molar-refractivity contribution >= 4 is 129 Å². The Hall–Kier alpha value is -8.85. The first kappa shape index (κ1) is 103. The number of methoxy groups -OCH3 is 4. The number of amides is 4. The van der Waals surface area contributed by atoms with Crippen LogP contribution in [-0.4, -0.2) is 236 Å². The fourth-order valence-electron chi connectivity index (χ4n) is 15.1. The summed E-state index contributed by atoms with van der Waals surface area (Å²) in [4.78, 5) is 105. The molecule has 2 fully saturated rings. The van der Waals surface area contributed by atoms with Crippen molar-refractivity contribution in [3.8, 4) is 11.5 Å². The van der Waals surface area contributed by atoms with E-state index in [0.717, 1.165) is 0 Å². The highest BCUT2D eigenvalue weighted by atomic mass is 35.5. The molecule has 2 unspecified atom stereocenters. The molecule has 31 nitrogen and oxygen atoms in total. The van der Waals surface area contributed by atoms with Crippen molar-refractivity contribution in [2.75, 3.05) is 169 Å². The van der Waals surface area contributed by atoms with E-state index in [1.54, 1.807) is 68.8 Å². The Morgan fingerprint density at radius 1 is 0.468 bits per heavy atom. The number of rotatable bonds is 42. The first-order valence-corrected chi connectivity index (χ1v) is 42.4. The number of esters is 1. The van der Waals surface area contributed by atoms with Crippen molar-refractivity contribution in [3.63, 3.8) is 0 Å². The maximum atomic E-state index is 16.2. The number of fused-ring (bicyclic) bond motifs is 4. The Morgan fingerprint density at radius 3 is 1.18 bits per heavy atom. The Balaban J connectivity index is 0.000000293. The molecular formula is C88H109Cl5F2N6O25. The van der Waals surface area contributed by atoms with Crippen molar-refractivity contribution < 1.29 is 128 Å². The average Bonchev–Trinajstić information content (AvgIpc) is 1.53. The molecular weight excluding hydrogens is 1760 g/mol. The molecule has 0 aliphatic carbocycles. The summed E-state index contributed by atoms with van der Waals surface area (Å²) < 4.78 is 115. The highest BCUT2D eigenvalue weighted by Gasteiger charge is 2.68. The summed E-state index contributed by atoms with van der Waals surface area (Å²) >= 11 is 30.6. The minimum Gasteiger partial charge on any atom is -0.495 e. The number of benzene rings is 6. The van der Waals surface area contributed by atoms with Gasteiger partial charge in [-0.05, 0) is 126 Å². The molecule has 0 saturated carbocycles. The molecule has 0 radical (unpaired) electrons. The molecule has 4 amide bonds. The van der Waals surface area contributed by atoms with E-state index < -0.39 is 112 Å². The first-order valence-electron chi connectivity index (χ1n) is 40.4. The molecule has 4 aliphatic heterocycles. The number of alkyl halides is 1. The topological polar surface area (TPSA) is 377 Å². The lowest BCUT2D eigenvalue weighted by Gasteiger charge is -2.37. The van der Waals surface area contributed by atoms with Crippen LogP contribution >= 0.6 is 58.0 Å². The third kappa shape index (κ3) is 27.8. The van der Waals surface area contributed by atoms with Gasteiger partial charge in [-0.25, -0.2) is 28.0 Å². The van der Waals surface area contributed by atoms with Gasteiger partial charge in [-0.1, -0.05) is 136 Å². The van der Waals surface area contributed by atoms with E-state index in [0.29, 0.717) is 138 Å². The zero-order chi connectivity index (χ0) is 92.1. The number of halogens is 7. The number of ether oxygens (including phenoxy) is 16. The van der Waals surface area contributed by atoms with Gasteiger partial charge >= 0.3 is 24.2 Å². The Bertz CT molecular complexity index is 4680. The quantitative estimate of drug-likeness (QED) is 0.00615. The normalized spacial score (nSPS) is 19.5. The average molecular weight is 1870 g/mol. The number of carboxylic acids is 1. The van der Waals surface area contributed by atoms with Crippen molar-refractivity contribution in [1.82, 2.24) is 10.6 Å². The minimum atomic E-state index is -1.47. The summed E-state index contributed by atoms with van der Waals surface area (Å²) in [5.74, 6) is -7.42. The monoisotopic (exact) mass is 1860 g/mol. The lowest BCUT2D eigenvalue weighted by molar-refractivity contribution is -0.123. The fourth-order valence-corrected chi connectivity index (χ4v) is 15.9. The number of aromatic carboxylic acids is 1. The summed E-state index contributed by atoms with van der Waals surface area (Å²) in [6, 6.07) is 23.8. The van der Waals surface area contributed by atoms with Crippen LogP contribution in [0.15, 0.2) is 109 Å². The second kappa shape index (κ2) is 49.1. The van der Waals surface area contributed by atoms with Crippen LogP contribution in [0.3, 0.4) is 0 Å². The summed E-state index contributed by atoms with van der Waals surface area (Å²) in [6.07, 6.45) is -2.34. The number of carbonyl (C=O) groups is 8. The Kier molecular flexibility index (Phi) is 39.9. The van der Waals surface area contributed by atoms with Crippen LogP contribution < -0.4 is 41.4 Å². The van der Waals surface area contributed by atoms with Gasteiger partial charge in [0, 0.05) is 66.5 Å². The van der Waals surface area contributed by atoms with E-state index in [1.165, 1.54) is 82.7 Å². The van der Waals surface area contributed by atoms with Crippen LogP contribution in [0.25, 0.3) is 0 Å². The molecule has 690 valence electrons. The molecule has 6 aromatic rings. The van der Waals surface area contributed by atoms with Crippen LogP contribution in [0.2, 0.25) is 20.1 Å². The summed E-state index contributed by atoms with van der Waals surface area (Å²) in [6.45, 7) is 21.5. The molecule has 126 heavy (non-hydrogen) atoms. The lowest BCUT2D eigenvalue weighted by Crippen LogP contribution is -2.49. The van der Waals surface area contributed by atoms with Gasteiger partial charge in [0.25, 0.3) is 0 Å². The largest absolute Gasteiger partial charge is 0.511 e. The number of nitrogens with one attached hydrogen (secondary N) is 6. The third-order valence-electron chi connectivity index (χ3n) is 20.3. The second-order valence-corrected chi connectivity index (χ2v) is 33.8. The second-order valence-electron chi connectivity index (χ2n) is 31.5. The summed E-state index contributed by atoms with van der Waals surface area (Å²) in [5, 5.41) is 28.3. The minimum absolute atomic E-state index is 0.00323. The van der Waals surface area contributed by atoms with E-state index in [2.05, 4.69) is 41.4 Å². The third-order valence-corrected chi connectivity index (χ3v) is 21.4. The molecule has 4 heterocycles. The number of hydrogen-bond donors (Lipinski definition) is 7. The molecule has 7 N–H and O–H groups in total. The van der Waals surface area contributed by atoms with E-state index in [9.17, 15) is 43.5 Å². The molecule has 0 bridgehead atoms. The van der Waals surface area contributed by atoms with Crippen LogP contribution in [0.5, 0.6) is 11.5 Å². The van der Waals surface area contributed by atoms with Crippen LogP contribution in [-0.2, 0) is 96.3 Å². The first-order chi connectivity index (χ1) is 60.0.